The van der Waals surface area contributed by atoms with Gasteiger partial charge in [-0.05, 0) is 101 Å². The molecule has 2 aliphatic rings. The molecule has 1 aliphatic heterocycles. The van der Waals surface area contributed by atoms with Gasteiger partial charge in [-0.2, -0.15) is 0 Å². The van der Waals surface area contributed by atoms with Crippen molar-refractivity contribution in [2.45, 2.75) is 25.2 Å². The number of hydrogen-bond donors (Lipinski definition) is 0. The summed E-state index contributed by atoms with van der Waals surface area (Å²) in [5.74, 6) is 2.82. The molecule has 4 aromatic rings. The second-order valence-electron chi connectivity index (χ2n) is 9.82. The van der Waals surface area contributed by atoms with Crippen LogP contribution in [0.15, 0.2) is 72.8 Å². The number of ether oxygens (including phenoxy) is 3. The van der Waals surface area contributed by atoms with E-state index in [0.29, 0.717) is 0 Å². The van der Waals surface area contributed by atoms with Crippen molar-refractivity contribution in [1.29, 1.82) is 0 Å². The lowest BCUT2D eigenvalue weighted by Crippen LogP contribution is -2.33. The molecule has 6 rings (SSSR count). The highest BCUT2D eigenvalue weighted by molar-refractivity contribution is 5.98. The smallest absolute Gasteiger partial charge is 0.119 e. The monoisotopic (exact) mass is 479 g/mol. The Bertz CT molecular complexity index is 1370. The SMILES string of the molecule is COc1ccc2c(c1)C(c1ccc(OCCN3CCCCC3)cc1)c1c-2ccc2cc(OC)ccc12. The van der Waals surface area contributed by atoms with Gasteiger partial charge in [0.25, 0.3) is 0 Å². The van der Waals surface area contributed by atoms with Gasteiger partial charge in [0.2, 0.25) is 0 Å². The molecule has 1 fully saturated rings. The van der Waals surface area contributed by atoms with Crippen molar-refractivity contribution >= 4 is 10.8 Å². The molecule has 1 heterocycles. The molecule has 1 unspecified atom stereocenters. The third-order valence-corrected chi connectivity index (χ3v) is 7.76. The molecule has 0 radical (unpaired) electrons. The van der Waals surface area contributed by atoms with Gasteiger partial charge in [-0.25, -0.2) is 0 Å². The van der Waals surface area contributed by atoms with Crippen molar-refractivity contribution in [3.05, 3.63) is 89.5 Å². The fourth-order valence-electron chi connectivity index (χ4n) is 5.89. The molecular weight excluding hydrogens is 446 g/mol. The van der Waals surface area contributed by atoms with Crippen molar-refractivity contribution in [3.8, 4) is 28.4 Å². The predicted octanol–water partition coefficient (Wildman–Crippen LogP) is 6.88. The van der Waals surface area contributed by atoms with Crippen LogP contribution in [0, 0.1) is 0 Å². The van der Waals surface area contributed by atoms with E-state index in [2.05, 4.69) is 77.7 Å². The van der Waals surface area contributed by atoms with Crippen LogP contribution < -0.4 is 14.2 Å². The van der Waals surface area contributed by atoms with Gasteiger partial charge in [0, 0.05) is 12.5 Å². The highest BCUT2D eigenvalue weighted by atomic mass is 16.5. The maximum atomic E-state index is 6.12. The molecule has 4 nitrogen and oxygen atoms in total. The molecule has 0 aromatic heterocycles. The van der Waals surface area contributed by atoms with E-state index >= 15 is 0 Å². The lowest BCUT2D eigenvalue weighted by Gasteiger charge is -2.26. The summed E-state index contributed by atoms with van der Waals surface area (Å²) in [6, 6.07) is 26.0. The maximum Gasteiger partial charge on any atom is 0.119 e. The molecule has 1 atom stereocenters. The van der Waals surface area contributed by atoms with Crippen molar-refractivity contribution in [2.24, 2.45) is 0 Å². The van der Waals surface area contributed by atoms with Gasteiger partial charge in [0.1, 0.15) is 23.9 Å². The minimum Gasteiger partial charge on any atom is -0.497 e. The third-order valence-electron chi connectivity index (χ3n) is 7.76. The van der Waals surface area contributed by atoms with Gasteiger partial charge in [0.15, 0.2) is 0 Å². The first-order valence-corrected chi connectivity index (χ1v) is 13.0. The summed E-state index contributed by atoms with van der Waals surface area (Å²) in [6.45, 7) is 4.14. The van der Waals surface area contributed by atoms with E-state index < -0.39 is 0 Å². The Balaban J connectivity index is 1.34. The van der Waals surface area contributed by atoms with Crippen molar-refractivity contribution in [2.75, 3.05) is 40.5 Å². The summed E-state index contributed by atoms with van der Waals surface area (Å²) in [7, 11) is 3.45. The second kappa shape index (κ2) is 9.87. The van der Waals surface area contributed by atoms with Crippen molar-refractivity contribution < 1.29 is 14.2 Å². The second-order valence-corrected chi connectivity index (χ2v) is 9.82. The number of likely N-dealkylation sites (tertiary alicyclic amines) is 1. The predicted molar refractivity (Wildman–Crippen MR) is 146 cm³/mol. The van der Waals surface area contributed by atoms with Crippen LogP contribution in [-0.4, -0.2) is 45.4 Å². The summed E-state index contributed by atoms with van der Waals surface area (Å²) in [4.78, 5) is 2.51. The summed E-state index contributed by atoms with van der Waals surface area (Å²) in [5.41, 5.74) is 6.45. The van der Waals surface area contributed by atoms with Crippen LogP contribution in [0.3, 0.4) is 0 Å². The molecule has 36 heavy (non-hydrogen) atoms. The average molecular weight is 480 g/mol. The highest BCUT2D eigenvalue weighted by Gasteiger charge is 2.32. The van der Waals surface area contributed by atoms with Crippen LogP contribution in [0.25, 0.3) is 21.9 Å². The largest absolute Gasteiger partial charge is 0.497 e. The number of piperidine rings is 1. The third kappa shape index (κ3) is 4.20. The molecule has 1 aliphatic carbocycles. The maximum absolute atomic E-state index is 6.12. The molecule has 0 spiro atoms. The van der Waals surface area contributed by atoms with E-state index in [1.807, 2.05) is 0 Å². The Kier molecular flexibility index (Phi) is 6.28. The van der Waals surface area contributed by atoms with Gasteiger partial charge in [0.05, 0.1) is 14.2 Å². The number of rotatable bonds is 7. The van der Waals surface area contributed by atoms with E-state index in [4.69, 9.17) is 14.2 Å². The Labute approximate surface area is 213 Å². The first-order valence-electron chi connectivity index (χ1n) is 13.0. The number of hydrogen-bond acceptors (Lipinski definition) is 4. The number of nitrogens with zero attached hydrogens (tertiary/aromatic N) is 1. The molecule has 0 N–H and O–H groups in total. The average Bonchev–Trinajstić information content (AvgIpc) is 3.27. The van der Waals surface area contributed by atoms with Gasteiger partial charge in [-0.15, -0.1) is 0 Å². The fourth-order valence-corrected chi connectivity index (χ4v) is 5.89. The Morgan fingerprint density at radius 1 is 0.722 bits per heavy atom. The lowest BCUT2D eigenvalue weighted by atomic mass is 9.86. The van der Waals surface area contributed by atoms with E-state index in [-0.39, 0.29) is 5.92 Å². The Hall–Kier alpha value is -3.50. The molecule has 184 valence electrons. The molecule has 4 heteroatoms. The van der Waals surface area contributed by atoms with Crippen LogP contribution in [0.2, 0.25) is 0 Å². The summed E-state index contributed by atoms with van der Waals surface area (Å²) < 4.78 is 17.2. The van der Waals surface area contributed by atoms with Gasteiger partial charge >= 0.3 is 0 Å². The first kappa shape index (κ1) is 22.9. The normalized spacial score (nSPS) is 17.0. The van der Waals surface area contributed by atoms with Crippen molar-refractivity contribution in [1.82, 2.24) is 4.90 Å². The Morgan fingerprint density at radius 3 is 2.19 bits per heavy atom. The standard InChI is InChI=1S/C32H33NO3/c1-34-25-11-14-27-23(20-25)8-13-29-28-15-12-26(35-2)21-30(28)31(32(27)29)22-6-9-24(10-7-22)36-19-18-33-16-4-3-5-17-33/h6-15,20-21,31H,3-5,16-19H2,1-2H3. The van der Waals surface area contributed by atoms with E-state index in [1.165, 1.54) is 70.9 Å². The number of fused-ring (bicyclic) bond motifs is 5. The number of benzene rings is 4. The van der Waals surface area contributed by atoms with Gasteiger partial charge in [-0.3, -0.25) is 4.90 Å². The number of methoxy groups -OCH3 is 2. The molecule has 4 aromatic carbocycles. The molecule has 0 bridgehead atoms. The topological polar surface area (TPSA) is 30.9 Å². The summed E-state index contributed by atoms with van der Waals surface area (Å²) in [5, 5.41) is 2.45. The summed E-state index contributed by atoms with van der Waals surface area (Å²) >= 11 is 0. The molecular formula is C32H33NO3. The van der Waals surface area contributed by atoms with Gasteiger partial charge < -0.3 is 14.2 Å². The zero-order valence-corrected chi connectivity index (χ0v) is 21.1. The van der Waals surface area contributed by atoms with Gasteiger partial charge in [-0.1, -0.05) is 42.8 Å². The van der Waals surface area contributed by atoms with Crippen LogP contribution in [0.4, 0.5) is 0 Å². The zero-order chi connectivity index (χ0) is 24.5. The van der Waals surface area contributed by atoms with E-state index in [1.54, 1.807) is 14.2 Å². The highest BCUT2D eigenvalue weighted by Crippen LogP contribution is 2.51. The molecule has 1 saturated heterocycles. The van der Waals surface area contributed by atoms with Crippen LogP contribution >= 0.6 is 0 Å². The first-order chi connectivity index (χ1) is 17.7. The van der Waals surface area contributed by atoms with E-state index in [0.717, 1.165) is 30.4 Å². The Morgan fingerprint density at radius 2 is 1.42 bits per heavy atom. The van der Waals surface area contributed by atoms with Crippen LogP contribution in [0.1, 0.15) is 41.9 Å². The van der Waals surface area contributed by atoms with Crippen molar-refractivity contribution in [3.63, 3.8) is 0 Å². The van der Waals surface area contributed by atoms with Crippen LogP contribution in [-0.2, 0) is 0 Å². The van der Waals surface area contributed by atoms with E-state index in [9.17, 15) is 0 Å². The lowest BCUT2D eigenvalue weighted by molar-refractivity contribution is 0.183. The quantitative estimate of drug-likeness (QED) is 0.255. The van der Waals surface area contributed by atoms with Crippen LogP contribution in [0.5, 0.6) is 17.2 Å². The minimum absolute atomic E-state index is 0.129. The molecule has 0 amide bonds. The zero-order valence-electron chi connectivity index (χ0n) is 21.1. The fraction of sp³-hybridized carbons (Fsp3) is 0.312. The summed E-state index contributed by atoms with van der Waals surface area (Å²) in [6.07, 6.45) is 3.98. The minimum atomic E-state index is 0.129. The molecule has 0 saturated carbocycles.